The van der Waals surface area contributed by atoms with Crippen molar-refractivity contribution in [1.29, 1.82) is 0 Å². The number of nitrogens with two attached hydrogens (primary N) is 1. The van der Waals surface area contributed by atoms with Gasteiger partial charge in [-0.3, -0.25) is 0 Å². The van der Waals surface area contributed by atoms with Gasteiger partial charge in [0.2, 0.25) is 0 Å². The molecule has 0 heterocycles. The van der Waals surface area contributed by atoms with Crippen molar-refractivity contribution in [3.8, 4) is 0 Å². The molecule has 0 bridgehead atoms. The van der Waals surface area contributed by atoms with Crippen molar-refractivity contribution in [2.24, 2.45) is 5.73 Å². The molecule has 0 spiro atoms. The van der Waals surface area contributed by atoms with Crippen LogP contribution in [0, 0.1) is 0 Å². The van der Waals surface area contributed by atoms with Gasteiger partial charge in [-0.05, 0) is 17.7 Å². The predicted octanol–water partition coefficient (Wildman–Crippen LogP) is 3.92. The first-order chi connectivity index (χ1) is 7.53. The van der Waals surface area contributed by atoms with E-state index in [0.29, 0.717) is 18.2 Å². The van der Waals surface area contributed by atoms with Crippen LogP contribution in [-0.4, -0.2) is 6.18 Å². The lowest BCUT2D eigenvalue weighted by Crippen LogP contribution is -2.28. The topological polar surface area (TPSA) is 26.0 Å². The van der Waals surface area contributed by atoms with E-state index in [4.69, 9.17) is 17.3 Å². The maximum atomic E-state index is 12.3. The van der Waals surface area contributed by atoms with Gasteiger partial charge >= 0.3 is 12.4 Å². The summed E-state index contributed by atoms with van der Waals surface area (Å²) < 4.78 is 73.5. The largest absolute Gasteiger partial charge is 0.417 e. The van der Waals surface area contributed by atoms with Crippen LogP contribution in [0.5, 0.6) is 0 Å². The van der Waals surface area contributed by atoms with Crippen molar-refractivity contribution in [2.75, 3.05) is 0 Å². The maximum absolute atomic E-state index is 12.3. The van der Waals surface area contributed by atoms with Crippen LogP contribution in [0.2, 0.25) is 5.02 Å². The molecule has 2 N–H and O–H groups in total. The monoisotopic (exact) mass is 277 g/mol. The average Bonchev–Trinajstić information content (AvgIpc) is 2.12. The minimum Gasteiger partial charge on any atom is -0.316 e. The molecule has 0 aliphatic carbocycles. The second kappa shape index (κ2) is 4.38. The third-order valence-electron chi connectivity index (χ3n) is 2.01. The van der Waals surface area contributed by atoms with Gasteiger partial charge in [0, 0.05) is 0 Å². The van der Waals surface area contributed by atoms with E-state index < -0.39 is 34.5 Å². The van der Waals surface area contributed by atoms with Crippen molar-refractivity contribution in [2.45, 2.75) is 18.4 Å². The molecule has 0 aliphatic rings. The third kappa shape index (κ3) is 3.26. The van der Waals surface area contributed by atoms with Crippen LogP contribution in [0.1, 0.15) is 17.2 Å². The fraction of sp³-hybridized carbons (Fsp3) is 0.333. The Morgan fingerprint density at radius 3 is 1.94 bits per heavy atom. The first-order valence-corrected chi connectivity index (χ1v) is 4.60. The van der Waals surface area contributed by atoms with Crippen molar-refractivity contribution in [3.05, 3.63) is 34.3 Å². The molecule has 0 saturated carbocycles. The summed E-state index contributed by atoms with van der Waals surface area (Å²) in [7, 11) is 0. The van der Waals surface area contributed by atoms with Gasteiger partial charge < -0.3 is 5.73 Å². The highest BCUT2D eigenvalue weighted by Gasteiger charge is 2.39. The zero-order valence-electron chi connectivity index (χ0n) is 8.03. The number of benzene rings is 1. The minimum absolute atomic E-state index is 0.475. The van der Waals surface area contributed by atoms with Crippen molar-refractivity contribution < 1.29 is 26.3 Å². The molecule has 1 aromatic rings. The van der Waals surface area contributed by atoms with Crippen LogP contribution >= 0.6 is 11.6 Å². The molecule has 0 unspecified atom stereocenters. The van der Waals surface area contributed by atoms with Crippen molar-refractivity contribution >= 4 is 11.6 Å². The van der Waals surface area contributed by atoms with E-state index in [2.05, 4.69) is 0 Å². The fourth-order valence-corrected chi connectivity index (χ4v) is 1.44. The van der Waals surface area contributed by atoms with Crippen LogP contribution in [0.4, 0.5) is 26.3 Å². The zero-order valence-corrected chi connectivity index (χ0v) is 8.79. The molecule has 1 nitrogen and oxygen atoms in total. The molecule has 0 radical (unpaired) electrons. The first kappa shape index (κ1) is 14.1. The molecular weight excluding hydrogens is 272 g/mol. The van der Waals surface area contributed by atoms with Crippen LogP contribution in [0.15, 0.2) is 18.2 Å². The Labute approximate surface area is 97.2 Å². The summed E-state index contributed by atoms with van der Waals surface area (Å²) in [5.74, 6) is 0. The first-order valence-electron chi connectivity index (χ1n) is 4.22. The van der Waals surface area contributed by atoms with E-state index in [9.17, 15) is 26.3 Å². The predicted molar refractivity (Wildman–Crippen MR) is 49.4 cm³/mol. The highest BCUT2D eigenvalue weighted by Crippen LogP contribution is 2.37. The van der Waals surface area contributed by atoms with Crippen LogP contribution < -0.4 is 5.73 Å². The minimum atomic E-state index is -4.73. The summed E-state index contributed by atoms with van der Waals surface area (Å²) in [5.41, 5.74) is 3.12. The van der Waals surface area contributed by atoms with E-state index in [-0.39, 0.29) is 0 Å². The number of rotatable bonds is 1. The molecule has 8 heteroatoms. The van der Waals surface area contributed by atoms with Gasteiger partial charge in [-0.2, -0.15) is 26.3 Å². The van der Waals surface area contributed by atoms with Gasteiger partial charge in [0.25, 0.3) is 0 Å². The second-order valence-electron chi connectivity index (χ2n) is 3.26. The molecule has 0 aliphatic heterocycles. The summed E-state index contributed by atoms with van der Waals surface area (Å²) in [6.07, 6.45) is -9.44. The maximum Gasteiger partial charge on any atom is 0.417 e. The Morgan fingerprint density at radius 1 is 1.06 bits per heavy atom. The summed E-state index contributed by atoms with van der Waals surface area (Å²) >= 11 is 5.27. The van der Waals surface area contributed by atoms with Crippen molar-refractivity contribution in [3.63, 3.8) is 0 Å². The Kier molecular flexibility index (Phi) is 3.63. The van der Waals surface area contributed by atoms with E-state index in [1.54, 1.807) is 0 Å². The summed E-state index contributed by atoms with van der Waals surface area (Å²) in [5, 5.41) is -0.810. The van der Waals surface area contributed by atoms with Gasteiger partial charge in [-0.1, -0.05) is 17.7 Å². The molecule has 1 rings (SSSR count). The summed E-state index contributed by atoms with van der Waals surface area (Å²) in [4.78, 5) is 0. The molecule has 17 heavy (non-hydrogen) atoms. The zero-order chi connectivity index (χ0) is 13.4. The average molecular weight is 278 g/mol. The fourth-order valence-electron chi connectivity index (χ4n) is 1.14. The lowest BCUT2D eigenvalue weighted by molar-refractivity contribution is -0.149. The molecule has 0 aromatic heterocycles. The lowest BCUT2D eigenvalue weighted by Gasteiger charge is -2.17. The summed E-state index contributed by atoms with van der Waals surface area (Å²) in [6, 6.07) is -0.652. The van der Waals surface area contributed by atoms with Crippen molar-refractivity contribution in [1.82, 2.24) is 0 Å². The standard InChI is InChI=1S/C9H6ClF6N/c10-6-3-4(7(17)9(14,15)16)1-2-5(6)8(11,12)13/h1-3,7H,17H2/t7-/m1/s1. The Bertz CT molecular complexity index is 411. The normalized spacial score (nSPS) is 14.8. The van der Waals surface area contributed by atoms with Gasteiger partial charge in [0.1, 0.15) is 6.04 Å². The highest BCUT2D eigenvalue weighted by atomic mass is 35.5. The lowest BCUT2D eigenvalue weighted by atomic mass is 10.0. The van der Waals surface area contributed by atoms with E-state index in [1.165, 1.54) is 0 Å². The van der Waals surface area contributed by atoms with Crippen LogP contribution in [-0.2, 0) is 6.18 Å². The van der Waals surface area contributed by atoms with E-state index in [0.717, 1.165) is 0 Å². The highest BCUT2D eigenvalue weighted by molar-refractivity contribution is 6.31. The molecule has 1 atom stereocenters. The number of halogens is 7. The SMILES string of the molecule is N[C@H](c1ccc(C(F)(F)F)c(Cl)c1)C(F)(F)F. The van der Waals surface area contributed by atoms with Crippen LogP contribution in [0.3, 0.4) is 0 Å². The second-order valence-corrected chi connectivity index (χ2v) is 3.66. The molecule has 0 saturated heterocycles. The number of hydrogen-bond donors (Lipinski definition) is 1. The molecule has 1 aromatic carbocycles. The Hall–Kier alpha value is -0.950. The van der Waals surface area contributed by atoms with Crippen LogP contribution in [0.25, 0.3) is 0 Å². The third-order valence-corrected chi connectivity index (χ3v) is 2.32. The molecule has 96 valence electrons. The van der Waals surface area contributed by atoms with E-state index in [1.807, 2.05) is 0 Å². The van der Waals surface area contributed by atoms with E-state index >= 15 is 0 Å². The number of alkyl halides is 6. The van der Waals surface area contributed by atoms with Gasteiger partial charge in [0.15, 0.2) is 0 Å². The number of hydrogen-bond acceptors (Lipinski definition) is 1. The van der Waals surface area contributed by atoms with Gasteiger partial charge in [0.05, 0.1) is 10.6 Å². The Morgan fingerprint density at radius 2 is 1.59 bits per heavy atom. The quantitative estimate of drug-likeness (QED) is 0.774. The smallest absolute Gasteiger partial charge is 0.316 e. The Balaban J connectivity index is 3.14. The van der Waals surface area contributed by atoms with Gasteiger partial charge in [-0.25, -0.2) is 0 Å². The summed E-state index contributed by atoms with van der Waals surface area (Å²) in [6.45, 7) is 0. The van der Waals surface area contributed by atoms with Gasteiger partial charge in [-0.15, -0.1) is 0 Å². The molecular formula is C9H6ClF6N. The molecule has 0 fully saturated rings. The molecule has 0 amide bonds.